The minimum atomic E-state index is -1.49. The van der Waals surface area contributed by atoms with Crippen molar-refractivity contribution in [2.24, 2.45) is 5.92 Å². The van der Waals surface area contributed by atoms with Crippen molar-refractivity contribution < 1.29 is 23.5 Å². The Kier molecular flexibility index (Phi) is 6.13. The summed E-state index contributed by atoms with van der Waals surface area (Å²) in [5.74, 6) is -3.08. The van der Waals surface area contributed by atoms with Crippen LogP contribution in [-0.4, -0.2) is 16.2 Å². The molecule has 0 aromatic heterocycles. The fraction of sp³-hybridized carbons (Fsp3) is 0.429. The average Bonchev–Trinajstić information content (AvgIpc) is 2.31. The number of aromatic carboxylic acids is 1. The summed E-state index contributed by atoms with van der Waals surface area (Å²) in [6.45, 7) is 4.08. The molecular weight excluding hydrogens is 286 g/mol. The zero-order chi connectivity index (χ0) is 15.3. The summed E-state index contributed by atoms with van der Waals surface area (Å²) in [5.41, 5.74) is -0.635. The summed E-state index contributed by atoms with van der Waals surface area (Å²) < 4.78 is 26.7. The highest BCUT2D eigenvalue weighted by molar-refractivity contribution is 8.13. The lowest BCUT2D eigenvalue weighted by Crippen LogP contribution is -2.03. The minimum Gasteiger partial charge on any atom is -0.478 e. The first-order valence-electron chi connectivity index (χ1n) is 6.24. The molecule has 0 fully saturated rings. The molecule has 0 saturated heterocycles. The number of carboxylic acid groups (broad SMARTS) is 1. The number of benzene rings is 1. The summed E-state index contributed by atoms with van der Waals surface area (Å²) in [5, 5.41) is 8.50. The Bertz CT molecular complexity index is 515. The lowest BCUT2D eigenvalue weighted by atomic mass is 10.1. The number of thioether (sulfide) groups is 1. The molecule has 0 saturated carbocycles. The van der Waals surface area contributed by atoms with Crippen LogP contribution in [0.2, 0.25) is 0 Å². The van der Waals surface area contributed by atoms with Crippen molar-refractivity contribution in [2.45, 2.75) is 38.0 Å². The third kappa shape index (κ3) is 4.92. The number of rotatable bonds is 6. The summed E-state index contributed by atoms with van der Waals surface area (Å²) in [4.78, 5) is 22.3. The van der Waals surface area contributed by atoms with E-state index in [4.69, 9.17) is 5.11 Å². The summed E-state index contributed by atoms with van der Waals surface area (Å²) in [7, 11) is 0. The zero-order valence-electron chi connectivity index (χ0n) is 11.3. The molecule has 0 heterocycles. The maximum atomic E-state index is 13.5. The number of hydrogen-bond donors (Lipinski definition) is 1. The first kappa shape index (κ1) is 16.6. The van der Waals surface area contributed by atoms with Gasteiger partial charge in [-0.2, -0.15) is 0 Å². The Morgan fingerprint density at radius 3 is 2.45 bits per heavy atom. The smallest absolute Gasteiger partial charge is 0.338 e. The maximum absolute atomic E-state index is 13.5. The van der Waals surface area contributed by atoms with Gasteiger partial charge >= 0.3 is 5.97 Å². The highest BCUT2D eigenvalue weighted by atomic mass is 32.2. The van der Waals surface area contributed by atoms with E-state index in [1.807, 2.05) is 13.8 Å². The SMILES string of the molecule is CC(C)CCCC(=O)Sc1cc(C(=O)O)c(F)cc1F. The van der Waals surface area contributed by atoms with E-state index in [-0.39, 0.29) is 16.4 Å². The van der Waals surface area contributed by atoms with E-state index in [1.54, 1.807) is 0 Å². The molecular formula is C14H16F2O3S. The molecule has 0 radical (unpaired) electrons. The van der Waals surface area contributed by atoms with Gasteiger partial charge in [0.25, 0.3) is 0 Å². The molecule has 0 aliphatic rings. The van der Waals surface area contributed by atoms with E-state index in [0.29, 0.717) is 30.2 Å². The van der Waals surface area contributed by atoms with Gasteiger partial charge in [-0.05, 0) is 30.2 Å². The third-order valence-electron chi connectivity index (χ3n) is 2.64. The lowest BCUT2D eigenvalue weighted by Gasteiger charge is -2.06. The lowest BCUT2D eigenvalue weighted by molar-refractivity contribution is -0.111. The largest absolute Gasteiger partial charge is 0.478 e. The second-order valence-electron chi connectivity index (χ2n) is 4.83. The Balaban J connectivity index is 2.74. The van der Waals surface area contributed by atoms with E-state index in [9.17, 15) is 18.4 Å². The molecule has 3 nitrogen and oxygen atoms in total. The molecule has 110 valence electrons. The quantitative estimate of drug-likeness (QED) is 0.804. The van der Waals surface area contributed by atoms with E-state index < -0.39 is 23.2 Å². The van der Waals surface area contributed by atoms with Gasteiger partial charge in [0, 0.05) is 12.5 Å². The summed E-state index contributed by atoms with van der Waals surface area (Å²) in [6.07, 6.45) is 1.86. The van der Waals surface area contributed by atoms with E-state index in [2.05, 4.69) is 0 Å². The number of hydrogen-bond acceptors (Lipinski definition) is 3. The number of carboxylic acids is 1. The molecule has 0 bridgehead atoms. The molecule has 0 aliphatic carbocycles. The highest BCUT2D eigenvalue weighted by Gasteiger charge is 2.17. The van der Waals surface area contributed by atoms with Crippen LogP contribution in [0.15, 0.2) is 17.0 Å². The van der Waals surface area contributed by atoms with Crippen molar-refractivity contribution in [3.05, 3.63) is 29.3 Å². The van der Waals surface area contributed by atoms with Crippen LogP contribution in [0.5, 0.6) is 0 Å². The zero-order valence-corrected chi connectivity index (χ0v) is 12.1. The Hall–Kier alpha value is -1.43. The molecule has 1 aromatic rings. The summed E-state index contributed by atoms with van der Waals surface area (Å²) >= 11 is 0.618. The van der Waals surface area contributed by atoms with Gasteiger partial charge in [0.15, 0.2) is 5.12 Å². The van der Waals surface area contributed by atoms with Crippen molar-refractivity contribution in [1.82, 2.24) is 0 Å². The van der Waals surface area contributed by atoms with Crippen LogP contribution in [0, 0.1) is 17.6 Å². The van der Waals surface area contributed by atoms with Gasteiger partial charge in [-0.25, -0.2) is 13.6 Å². The second kappa shape index (κ2) is 7.38. The molecule has 1 aromatic carbocycles. The van der Waals surface area contributed by atoms with E-state index >= 15 is 0 Å². The van der Waals surface area contributed by atoms with E-state index in [1.165, 1.54) is 0 Å². The maximum Gasteiger partial charge on any atom is 0.338 e. The highest BCUT2D eigenvalue weighted by Crippen LogP contribution is 2.27. The molecule has 1 rings (SSSR count). The number of carbonyl (C=O) groups excluding carboxylic acids is 1. The summed E-state index contributed by atoms with van der Waals surface area (Å²) in [6, 6.07) is 1.35. The Morgan fingerprint density at radius 2 is 1.90 bits per heavy atom. The van der Waals surface area contributed by atoms with Gasteiger partial charge in [0.1, 0.15) is 11.6 Å². The van der Waals surface area contributed by atoms with Crippen LogP contribution in [0.25, 0.3) is 0 Å². The first-order valence-corrected chi connectivity index (χ1v) is 7.06. The average molecular weight is 302 g/mol. The number of carbonyl (C=O) groups is 2. The van der Waals surface area contributed by atoms with Gasteiger partial charge in [-0.3, -0.25) is 4.79 Å². The van der Waals surface area contributed by atoms with Crippen LogP contribution in [-0.2, 0) is 4.79 Å². The van der Waals surface area contributed by atoms with Crippen molar-refractivity contribution >= 4 is 22.8 Å². The van der Waals surface area contributed by atoms with Crippen LogP contribution < -0.4 is 0 Å². The van der Waals surface area contributed by atoms with Crippen molar-refractivity contribution in [3.8, 4) is 0 Å². The van der Waals surface area contributed by atoms with Gasteiger partial charge < -0.3 is 5.11 Å². The topological polar surface area (TPSA) is 54.4 Å². The predicted octanol–water partition coefficient (Wildman–Crippen LogP) is 4.11. The second-order valence-corrected chi connectivity index (χ2v) is 5.93. The van der Waals surface area contributed by atoms with Crippen molar-refractivity contribution in [1.29, 1.82) is 0 Å². The van der Waals surface area contributed by atoms with Crippen molar-refractivity contribution in [3.63, 3.8) is 0 Å². The molecule has 0 aliphatic heterocycles. The third-order valence-corrected chi connectivity index (χ3v) is 3.60. The van der Waals surface area contributed by atoms with Gasteiger partial charge in [-0.15, -0.1) is 0 Å². The Morgan fingerprint density at radius 1 is 1.25 bits per heavy atom. The monoisotopic (exact) mass is 302 g/mol. The fourth-order valence-electron chi connectivity index (χ4n) is 1.60. The molecule has 0 amide bonds. The van der Waals surface area contributed by atoms with Crippen molar-refractivity contribution in [2.75, 3.05) is 0 Å². The molecule has 6 heteroatoms. The van der Waals surface area contributed by atoms with Crippen LogP contribution in [0.3, 0.4) is 0 Å². The van der Waals surface area contributed by atoms with Gasteiger partial charge in [-0.1, -0.05) is 20.3 Å². The van der Waals surface area contributed by atoms with Gasteiger partial charge in [0.05, 0.1) is 10.5 Å². The normalized spacial score (nSPS) is 10.8. The number of halogens is 2. The Labute approximate surface area is 120 Å². The van der Waals surface area contributed by atoms with Crippen LogP contribution in [0.1, 0.15) is 43.5 Å². The minimum absolute atomic E-state index is 0.154. The molecule has 20 heavy (non-hydrogen) atoms. The fourth-order valence-corrected chi connectivity index (χ4v) is 2.42. The van der Waals surface area contributed by atoms with Crippen LogP contribution >= 0.6 is 11.8 Å². The first-order chi connectivity index (χ1) is 9.31. The molecule has 1 N–H and O–H groups in total. The molecule has 0 unspecified atom stereocenters. The predicted molar refractivity (Wildman–Crippen MR) is 72.9 cm³/mol. The molecule has 0 spiro atoms. The van der Waals surface area contributed by atoms with E-state index in [0.717, 1.165) is 12.5 Å². The standard InChI is InChI=1S/C14H16F2O3S/c1-8(2)4-3-5-13(17)20-12-6-9(14(18)19)10(15)7-11(12)16/h6-8H,3-5H2,1-2H3,(H,18,19). The van der Waals surface area contributed by atoms with Crippen LogP contribution in [0.4, 0.5) is 8.78 Å². The van der Waals surface area contributed by atoms with Gasteiger partial charge in [0.2, 0.25) is 0 Å². The molecule has 0 atom stereocenters.